The van der Waals surface area contributed by atoms with E-state index in [4.69, 9.17) is 28.9 Å². The average Bonchev–Trinajstić information content (AvgIpc) is 2.83. The van der Waals surface area contributed by atoms with E-state index in [1.54, 1.807) is 24.4 Å². The fraction of sp³-hybridized carbons (Fsp3) is 0.308. The van der Waals surface area contributed by atoms with E-state index >= 15 is 0 Å². The van der Waals surface area contributed by atoms with Gasteiger partial charge in [-0.25, -0.2) is 4.68 Å². The Balaban J connectivity index is 2.05. The maximum absolute atomic E-state index is 12.0. The lowest BCUT2D eigenvalue weighted by atomic mass is 10.0. The molecule has 8 heteroatoms. The molecule has 2 aromatic rings. The molecule has 0 fully saturated rings. The van der Waals surface area contributed by atoms with Crippen molar-refractivity contribution in [3.05, 3.63) is 40.1 Å². The Morgan fingerprint density at radius 1 is 1.43 bits per heavy atom. The Labute approximate surface area is 132 Å². The largest absolute Gasteiger partial charge is 0.323 e. The van der Waals surface area contributed by atoms with E-state index in [9.17, 15) is 4.79 Å². The predicted molar refractivity (Wildman–Crippen MR) is 82.3 cm³/mol. The minimum atomic E-state index is -0.606. The molecule has 3 N–H and O–H groups in total. The molecular weight excluding hydrogens is 313 g/mol. The van der Waals surface area contributed by atoms with Crippen molar-refractivity contribution in [3.63, 3.8) is 0 Å². The van der Waals surface area contributed by atoms with Gasteiger partial charge in [-0.1, -0.05) is 34.5 Å². The van der Waals surface area contributed by atoms with E-state index in [2.05, 4.69) is 15.6 Å². The highest BCUT2D eigenvalue weighted by molar-refractivity contribution is 6.43. The average molecular weight is 328 g/mol. The third kappa shape index (κ3) is 3.93. The number of rotatable bonds is 4. The normalized spacial score (nSPS) is 11.5. The van der Waals surface area contributed by atoms with Crippen LogP contribution in [0, 0.1) is 0 Å². The Morgan fingerprint density at radius 2 is 2.14 bits per heavy atom. The lowest BCUT2D eigenvalue weighted by Gasteiger charge is -2.13. The van der Waals surface area contributed by atoms with Crippen LogP contribution in [-0.2, 0) is 16.9 Å². The van der Waals surface area contributed by atoms with E-state index < -0.39 is 5.54 Å². The van der Waals surface area contributed by atoms with Crippen LogP contribution >= 0.6 is 23.2 Å². The molecule has 1 heterocycles. The van der Waals surface area contributed by atoms with Crippen molar-refractivity contribution in [1.82, 2.24) is 15.0 Å². The van der Waals surface area contributed by atoms with Crippen LogP contribution in [0.2, 0.25) is 10.0 Å². The number of aromatic nitrogens is 3. The molecule has 0 unspecified atom stereocenters. The maximum Gasteiger partial charge on any atom is 0.246 e. The summed E-state index contributed by atoms with van der Waals surface area (Å²) >= 11 is 11.9. The summed E-state index contributed by atoms with van der Waals surface area (Å²) in [5.41, 5.74) is 6.37. The fourth-order valence-corrected chi connectivity index (χ4v) is 1.96. The molecule has 0 aliphatic carbocycles. The van der Waals surface area contributed by atoms with Gasteiger partial charge in [0.1, 0.15) is 12.2 Å². The summed E-state index contributed by atoms with van der Waals surface area (Å²) in [7, 11) is 0. The van der Waals surface area contributed by atoms with Crippen molar-refractivity contribution in [2.45, 2.75) is 25.9 Å². The number of amides is 1. The summed E-state index contributed by atoms with van der Waals surface area (Å²) in [4.78, 5) is 12.0. The summed E-state index contributed by atoms with van der Waals surface area (Å²) in [6.07, 6.45) is 1.64. The molecule has 1 aromatic heterocycles. The first kappa shape index (κ1) is 15.8. The molecule has 0 aliphatic heterocycles. The second kappa shape index (κ2) is 6.01. The van der Waals surface area contributed by atoms with Gasteiger partial charge in [0.05, 0.1) is 27.5 Å². The molecule has 2 rings (SSSR count). The molecule has 1 amide bonds. The summed E-state index contributed by atoms with van der Waals surface area (Å²) < 4.78 is 1.41. The Kier molecular flexibility index (Phi) is 4.51. The molecule has 0 aliphatic rings. The van der Waals surface area contributed by atoms with Gasteiger partial charge in [0.15, 0.2) is 0 Å². The number of nitrogens with zero attached hydrogens (tertiary/aromatic N) is 3. The highest BCUT2D eigenvalue weighted by Crippen LogP contribution is 2.29. The van der Waals surface area contributed by atoms with Crippen molar-refractivity contribution in [2.24, 2.45) is 5.73 Å². The SMILES string of the molecule is CC(C)(N)c1cn(CC(=O)Nc2cccc(Cl)c2Cl)nn1. The zero-order valence-electron chi connectivity index (χ0n) is 11.6. The van der Waals surface area contributed by atoms with Gasteiger partial charge in [-0.3, -0.25) is 4.79 Å². The van der Waals surface area contributed by atoms with Crippen molar-refractivity contribution in [3.8, 4) is 0 Å². The number of nitrogens with two attached hydrogens (primary N) is 1. The van der Waals surface area contributed by atoms with E-state index in [0.717, 1.165) is 0 Å². The van der Waals surface area contributed by atoms with Crippen LogP contribution in [-0.4, -0.2) is 20.9 Å². The second-order valence-electron chi connectivity index (χ2n) is 5.17. The summed E-state index contributed by atoms with van der Waals surface area (Å²) in [5.74, 6) is -0.287. The quantitative estimate of drug-likeness (QED) is 0.902. The topological polar surface area (TPSA) is 85.8 Å². The molecule has 1 aromatic carbocycles. The zero-order valence-corrected chi connectivity index (χ0v) is 13.1. The van der Waals surface area contributed by atoms with Crippen LogP contribution in [0.4, 0.5) is 5.69 Å². The van der Waals surface area contributed by atoms with Crippen LogP contribution in [0.1, 0.15) is 19.5 Å². The number of carbonyl (C=O) groups is 1. The number of halogens is 2. The molecule has 112 valence electrons. The van der Waals surface area contributed by atoms with Gasteiger partial charge >= 0.3 is 0 Å². The summed E-state index contributed by atoms with van der Waals surface area (Å²) in [6, 6.07) is 5.02. The third-order valence-electron chi connectivity index (χ3n) is 2.73. The van der Waals surface area contributed by atoms with Crippen molar-refractivity contribution in [1.29, 1.82) is 0 Å². The van der Waals surface area contributed by atoms with Crippen LogP contribution in [0.15, 0.2) is 24.4 Å². The van der Waals surface area contributed by atoms with Crippen molar-refractivity contribution < 1.29 is 4.79 Å². The van der Waals surface area contributed by atoms with Gasteiger partial charge < -0.3 is 11.1 Å². The number of carbonyl (C=O) groups excluding carboxylic acids is 1. The number of benzene rings is 1. The van der Waals surface area contributed by atoms with E-state index in [0.29, 0.717) is 21.4 Å². The van der Waals surface area contributed by atoms with Crippen molar-refractivity contribution >= 4 is 34.8 Å². The first-order chi connectivity index (χ1) is 9.77. The molecular formula is C13H15Cl2N5O. The van der Waals surface area contributed by atoms with Gasteiger partial charge in [0.25, 0.3) is 0 Å². The van der Waals surface area contributed by atoms with Crippen LogP contribution in [0.25, 0.3) is 0 Å². The fourth-order valence-electron chi connectivity index (χ4n) is 1.61. The van der Waals surface area contributed by atoms with Crippen LogP contribution in [0.5, 0.6) is 0 Å². The number of anilines is 1. The maximum atomic E-state index is 12.0. The van der Waals surface area contributed by atoms with Gasteiger partial charge in [0, 0.05) is 0 Å². The molecule has 0 saturated heterocycles. The van der Waals surface area contributed by atoms with Crippen LogP contribution in [0.3, 0.4) is 0 Å². The molecule has 0 atom stereocenters. The first-order valence-corrected chi connectivity index (χ1v) is 6.96. The standard InChI is InChI=1S/C13H15Cl2N5O/c1-13(2,16)10-6-20(19-18-10)7-11(21)17-9-5-3-4-8(14)12(9)15/h3-6H,7,16H2,1-2H3,(H,17,21). The Morgan fingerprint density at radius 3 is 2.76 bits per heavy atom. The number of nitrogens with one attached hydrogen (secondary N) is 1. The molecule has 6 nitrogen and oxygen atoms in total. The third-order valence-corrected chi connectivity index (χ3v) is 3.55. The molecule has 21 heavy (non-hydrogen) atoms. The molecule has 0 spiro atoms. The zero-order chi connectivity index (χ0) is 15.6. The Bertz CT molecular complexity index is 663. The van der Waals surface area contributed by atoms with Crippen LogP contribution < -0.4 is 11.1 Å². The van der Waals surface area contributed by atoms with Gasteiger partial charge in [-0.05, 0) is 26.0 Å². The van der Waals surface area contributed by atoms with E-state index in [1.807, 2.05) is 13.8 Å². The lowest BCUT2D eigenvalue weighted by molar-refractivity contribution is -0.116. The summed E-state index contributed by atoms with van der Waals surface area (Å²) in [5, 5.41) is 11.2. The highest BCUT2D eigenvalue weighted by Gasteiger charge is 2.19. The van der Waals surface area contributed by atoms with Gasteiger partial charge in [-0.15, -0.1) is 5.10 Å². The monoisotopic (exact) mass is 327 g/mol. The predicted octanol–water partition coefficient (Wildman–Crippen LogP) is 2.42. The summed E-state index contributed by atoms with van der Waals surface area (Å²) in [6.45, 7) is 3.63. The molecule has 0 radical (unpaired) electrons. The smallest absolute Gasteiger partial charge is 0.246 e. The number of hydrogen-bond donors (Lipinski definition) is 2. The lowest BCUT2D eigenvalue weighted by Crippen LogP contribution is -2.29. The minimum absolute atomic E-state index is 0.00588. The van der Waals surface area contributed by atoms with Gasteiger partial charge in [0.2, 0.25) is 5.91 Å². The van der Waals surface area contributed by atoms with E-state index in [-0.39, 0.29) is 12.5 Å². The van der Waals surface area contributed by atoms with Gasteiger partial charge in [-0.2, -0.15) is 0 Å². The first-order valence-electron chi connectivity index (χ1n) is 6.21. The highest BCUT2D eigenvalue weighted by atomic mass is 35.5. The number of hydrogen-bond acceptors (Lipinski definition) is 4. The van der Waals surface area contributed by atoms with E-state index in [1.165, 1.54) is 4.68 Å². The second-order valence-corrected chi connectivity index (χ2v) is 5.96. The molecule has 0 bridgehead atoms. The molecule has 0 saturated carbocycles. The minimum Gasteiger partial charge on any atom is -0.323 e. The Hall–Kier alpha value is -1.63. The van der Waals surface area contributed by atoms with Crippen molar-refractivity contribution in [2.75, 3.05) is 5.32 Å².